The average molecular weight is 329 g/mol. The van der Waals surface area contributed by atoms with Crippen LogP contribution in [-0.2, 0) is 0 Å². The Labute approximate surface area is 115 Å². The molecule has 0 unspecified atom stereocenters. The molecule has 0 spiro atoms. The summed E-state index contributed by atoms with van der Waals surface area (Å²) >= 11 is 3.12. The van der Waals surface area contributed by atoms with Crippen molar-refractivity contribution in [3.63, 3.8) is 0 Å². The van der Waals surface area contributed by atoms with Crippen LogP contribution in [0.1, 0.15) is 0 Å². The highest BCUT2D eigenvalue weighted by atomic mass is 79.9. The van der Waals surface area contributed by atoms with E-state index in [1.54, 1.807) is 6.07 Å². The number of hydrogen-bond donors (Lipinski definition) is 1. The quantitative estimate of drug-likeness (QED) is 0.672. The smallest absolute Gasteiger partial charge is 0.327 e. The summed E-state index contributed by atoms with van der Waals surface area (Å²) in [6.07, 6.45) is 0. The summed E-state index contributed by atoms with van der Waals surface area (Å²) in [7, 11) is 0. The summed E-state index contributed by atoms with van der Waals surface area (Å²) in [5.74, 6) is -1.59. The van der Waals surface area contributed by atoms with Gasteiger partial charge < -0.3 is 5.32 Å². The standard InChI is InChI=1S/C12H7BrF2N2O2/c13-7-3-1-4-8(14)11(7)16-10-6-2-5-9(15)12(10)17(18)19/h1-6,16H. The molecule has 0 aliphatic rings. The molecule has 98 valence electrons. The second-order valence-corrected chi connectivity index (χ2v) is 4.47. The maximum absolute atomic E-state index is 13.6. The zero-order valence-corrected chi connectivity index (χ0v) is 10.9. The van der Waals surface area contributed by atoms with Gasteiger partial charge in [0.2, 0.25) is 5.82 Å². The Morgan fingerprint density at radius 1 is 1.11 bits per heavy atom. The van der Waals surface area contributed by atoms with Crippen LogP contribution in [0.5, 0.6) is 0 Å². The highest BCUT2D eigenvalue weighted by molar-refractivity contribution is 9.10. The largest absolute Gasteiger partial charge is 0.347 e. The molecule has 0 saturated heterocycles. The first-order chi connectivity index (χ1) is 9.00. The number of para-hydroxylation sites is 2. The Kier molecular flexibility index (Phi) is 3.75. The molecular weight excluding hydrogens is 322 g/mol. The second kappa shape index (κ2) is 5.31. The number of nitro benzene ring substituents is 1. The predicted octanol–water partition coefficient (Wildman–Crippen LogP) is 4.38. The molecule has 0 aliphatic heterocycles. The van der Waals surface area contributed by atoms with Crippen molar-refractivity contribution >= 4 is 33.0 Å². The molecular formula is C12H7BrF2N2O2. The SMILES string of the molecule is O=[N+]([O-])c1c(F)cccc1Nc1c(F)cccc1Br. The number of hydrogen-bond acceptors (Lipinski definition) is 3. The van der Waals surface area contributed by atoms with Crippen LogP contribution in [0.3, 0.4) is 0 Å². The molecule has 4 nitrogen and oxygen atoms in total. The fraction of sp³-hybridized carbons (Fsp3) is 0. The lowest BCUT2D eigenvalue weighted by Gasteiger charge is -2.10. The third-order valence-corrected chi connectivity index (χ3v) is 3.05. The van der Waals surface area contributed by atoms with Gasteiger partial charge in [-0.3, -0.25) is 10.1 Å². The van der Waals surface area contributed by atoms with Crippen LogP contribution in [0.2, 0.25) is 0 Å². The van der Waals surface area contributed by atoms with Crippen LogP contribution in [0.15, 0.2) is 40.9 Å². The van der Waals surface area contributed by atoms with Crippen LogP contribution in [-0.4, -0.2) is 4.92 Å². The number of nitrogens with one attached hydrogen (secondary N) is 1. The Morgan fingerprint density at radius 2 is 1.74 bits per heavy atom. The lowest BCUT2D eigenvalue weighted by Crippen LogP contribution is -2.01. The molecule has 0 atom stereocenters. The van der Waals surface area contributed by atoms with Gasteiger partial charge >= 0.3 is 5.69 Å². The predicted molar refractivity (Wildman–Crippen MR) is 70.4 cm³/mol. The Hall–Kier alpha value is -2.02. The molecule has 0 saturated carbocycles. The number of nitro groups is 1. The van der Waals surface area contributed by atoms with Gasteiger partial charge in [-0.05, 0) is 40.2 Å². The molecule has 0 bridgehead atoms. The molecule has 0 radical (unpaired) electrons. The van der Waals surface area contributed by atoms with Crippen molar-refractivity contribution in [1.29, 1.82) is 0 Å². The molecule has 2 aromatic rings. The van der Waals surface area contributed by atoms with Gasteiger partial charge in [0.1, 0.15) is 11.5 Å². The van der Waals surface area contributed by atoms with Gasteiger partial charge in [-0.25, -0.2) is 4.39 Å². The van der Waals surface area contributed by atoms with Crippen molar-refractivity contribution in [2.75, 3.05) is 5.32 Å². The van der Waals surface area contributed by atoms with E-state index in [1.807, 2.05) is 0 Å². The number of benzene rings is 2. The molecule has 0 fully saturated rings. The zero-order valence-electron chi connectivity index (χ0n) is 9.36. The zero-order chi connectivity index (χ0) is 14.0. The highest BCUT2D eigenvalue weighted by Crippen LogP contribution is 2.34. The Morgan fingerprint density at radius 3 is 2.37 bits per heavy atom. The Bertz CT molecular complexity index is 629. The van der Waals surface area contributed by atoms with E-state index in [1.165, 1.54) is 24.3 Å². The van der Waals surface area contributed by atoms with Crippen LogP contribution < -0.4 is 5.32 Å². The molecule has 0 amide bonds. The van der Waals surface area contributed by atoms with E-state index >= 15 is 0 Å². The van der Waals surface area contributed by atoms with Crippen molar-refractivity contribution in [2.24, 2.45) is 0 Å². The van der Waals surface area contributed by atoms with Gasteiger partial charge in [-0.1, -0.05) is 12.1 Å². The monoisotopic (exact) mass is 328 g/mol. The van der Waals surface area contributed by atoms with Gasteiger partial charge in [-0.2, -0.15) is 4.39 Å². The first-order valence-electron chi connectivity index (χ1n) is 5.14. The molecule has 0 heterocycles. The number of halogens is 3. The maximum atomic E-state index is 13.6. The van der Waals surface area contributed by atoms with Crippen LogP contribution in [0.4, 0.5) is 25.8 Å². The van der Waals surface area contributed by atoms with E-state index in [9.17, 15) is 18.9 Å². The minimum Gasteiger partial charge on any atom is -0.347 e. The van der Waals surface area contributed by atoms with Crippen molar-refractivity contribution < 1.29 is 13.7 Å². The number of anilines is 2. The number of rotatable bonds is 3. The summed E-state index contributed by atoms with van der Waals surface area (Å²) < 4.78 is 27.4. The van der Waals surface area contributed by atoms with E-state index in [0.29, 0.717) is 4.47 Å². The minimum atomic E-state index is -0.984. The third-order valence-electron chi connectivity index (χ3n) is 2.39. The van der Waals surface area contributed by atoms with Gasteiger partial charge in [0, 0.05) is 4.47 Å². The van der Waals surface area contributed by atoms with Gasteiger partial charge in [0.15, 0.2) is 0 Å². The summed E-state index contributed by atoms with van der Waals surface area (Å²) in [5.41, 5.74) is -0.829. The summed E-state index contributed by atoms with van der Waals surface area (Å²) in [6.45, 7) is 0. The van der Waals surface area contributed by atoms with E-state index in [-0.39, 0.29) is 11.4 Å². The molecule has 7 heteroatoms. The second-order valence-electron chi connectivity index (χ2n) is 3.61. The third kappa shape index (κ3) is 2.70. The van der Waals surface area contributed by atoms with Crippen LogP contribution in [0, 0.1) is 21.7 Å². The summed E-state index contributed by atoms with van der Waals surface area (Å²) in [5, 5.41) is 13.4. The van der Waals surface area contributed by atoms with E-state index in [2.05, 4.69) is 21.2 Å². The topological polar surface area (TPSA) is 55.2 Å². The van der Waals surface area contributed by atoms with E-state index in [0.717, 1.165) is 6.07 Å². The van der Waals surface area contributed by atoms with Crippen molar-refractivity contribution in [3.05, 3.63) is 62.6 Å². The molecule has 1 N–H and O–H groups in total. The lowest BCUT2D eigenvalue weighted by atomic mass is 10.2. The summed E-state index contributed by atoms with van der Waals surface area (Å²) in [4.78, 5) is 9.97. The first kappa shape index (κ1) is 13.4. The lowest BCUT2D eigenvalue weighted by molar-refractivity contribution is -0.386. The first-order valence-corrected chi connectivity index (χ1v) is 5.94. The maximum Gasteiger partial charge on any atom is 0.327 e. The van der Waals surface area contributed by atoms with E-state index in [4.69, 9.17) is 0 Å². The Balaban J connectivity index is 2.50. The normalized spacial score (nSPS) is 10.3. The molecule has 19 heavy (non-hydrogen) atoms. The molecule has 2 aromatic carbocycles. The van der Waals surface area contributed by atoms with Crippen molar-refractivity contribution in [2.45, 2.75) is 0 Å². The van der Waals surface area contributed by atoms with E-state index < -0.39 is 22.2 Å². The molecule has 2 rings (SSSR count). The van der Waals surface area contributed by atoms with Gasteiger partial charge in [0.05, 0.1) is 10.6 Å². The fourth-order valence-corrected chi connectivity index (χ4v) is 1.99. The summed E-state index contributed by atoms with van der Waals surface area (Å²) in [6, 6.07) is 7.82. The van der Waals surface area contributed by atoms with Crippen LogP contribution in [0.25, 0.3) is 0 Å². The number of nitrogens with zero attached hydrogens (tertiary/aromatic N) is 1. The van der Waals surface area contributed by atoms with Crippen molar-refractivity contribution in [1.82, 2.24) is 0 Å². The molecule has 0 aromatic heterocycles. The highest BCUT2D eigenvalue weighted by Gasteiger charge is 2.21. The van der Waals surface area contributed by atoms with Gasteiger partial charge in [0.25, 0.3) is 0 Å². The van der Waals surface area contributed by atoms with Gasteiger partial charge in [-0.15, -0.1) is 0 Å². The molecule has 0 aliphatic carbocycles. The van der Waals surface area contributed by atoms with Crippen molar-refractivity contribution in [3.8, 4) is 0 Å². The average Bonchev–Trinajstić information content (AvgIpc) is 2.33. The van der Waals surface area contributed by atoms with Crippen LogP contribution >= 0.6 is 15.9 Å². The fourth-order valence-electron chi connectivity index (χ4n) is 1.55. The minimum absolute atomic E-state index is 0.0104.